The third-order valence-corrected chi connectivity index (χ3v) is 4.11. The molecule has 0 aromatic carbocycles. The fourth-order valence-corrected chi connectivity index (χ4v) is 3.18. The second-order valence-corrected chi connectivity index (χ2v) is 7.37. The minimum absolute atomic E-state index is 0.0432. The number of carbonyl (C=O) groups excluding carboxylic acids is 1. The van der Waals surface area contributed by atoms with Crippen molar-refractivity contribution < 1.29 is 4.79 Å². The van der Waals surface area contributed by atoms with E-state index in [0.29, 0.717) is 13.0 Å². The van der Waals surface area contributed by atoms with Gasteiger partial charge in [-0.2, -0.15) is 0 Å². The van der Waals surface area contributed by atoms with Crippen LogP contribution in [0, 0.1) is 6.92 Å². The molecule has 0 saturated heterocycles. The van der Waals surface area contributed by atoms with Gasteiger partial charge in [-0.3, -0.25) is 9.79 Å². The predicted molar refractivity (Wildman–Crippen MR) is 99.2 cm³/mol. The van der Waals surface area contributed by atoms with E-state index in [1.807, 2.05) is 32.1 Å². The summed E-state index contributed by atoms with van der Waals surface area (Å²) in [6.07, 6.45) is 1.38. The van der Waals surface area contributed by atoms with Crippen molar-refractivity contribution in [3.05, 3.63) is 21.9 Å². The molecule has 1 amide bonds. The van der Waals surface area contributed by atoms with Crippen molar-refractivity contribution in [1.82, 2.24) is 16.0 Å². The Labute approximate surface area is 144 Å². The van der Waals surface area contributed by atoms with Gasteiger partial charge in [-0.1, -0.05) is 0 Å². The number of nitrogens with zero attached hydrogens (tertiary/aromatic N) is 1. The maximum absolute atomic E-state index is 11.6. The largest absolute Gasteiger partial charge is 0.357 e. The van der Waals surface area contributed by atoms with E-state index in [1.54, 1.807) is 0 Å². The minimum atomic E-state index is 0.0432. The van der Waals surface area contributed by atoms with Crippen molar-refractivity contribution in [1.29, 1.82) is 0 Å². The van der Waals surface area contributed by atoms with Crippen molar-refractivity contribution in [2.24, 2.45) is 4.99 Å². The number of aliphatic imine (C=N–C) groups is 1. The Morgan fingerprint density at radius 2 is 2.00 bits per heavy atom. The Hall–Kier alpha value is -1.56. The second kappa shape index (κ2) is 10.3. The van der Waals surface area contributed by atoms with Crippen molar-refractivity contribution in [3.8, 4) is 0 Å². The van der Waals surface area contributed by atoms with Crippen LogP contribution in [0.5, 0.6) is 0 Å². The summed E-state index contributed by atoms with van der Waals surface area (Å²) >= 11 is 1.83. The van der Waals surface area contributed by atoms with Gasteiger partial charge < -0.3 is 16.0 Å². The first-order chi connectivity index (χ1) is 10.9. The molecule has 0 aliphatic rings. The van der Waals surface area contributed by atoms with Crippen molar-refractivity contribution in [2.45, 2.75) is 59.5 Å². The fraction of sp³-hybridized carbons (Fsp3) is 0.647. The Morgan fingerprint density at radius 1 is 1.26 bits per heavy atom. The molecular weight excluding hydrogens is 308 g/mol. The molecule has 5 nitrogen and oxygen atoms in total. The van der Waals surface area contributed by atoms with Crippen LogP contribution in [0.15, 0.2) is 17.1 Å². The molecule has 0 radical (unpaired) electrons. The molecule has 0 aliphatic heterocycles. The van der Waals surface area contributed by atoms with Crippen molar-refractivity contribution in [3.63, 3.8) is 0 Å². The molecule has 0 aliphatic carbocycles. The molecule has 1 heterocycles. The number of amides is 1. The van der Waals surface area contributed by atoms with E-state index in [0.717, 1.165) is 18.9 Å². The molecule has 1 aromatic rings. The Morgan fingerprint density at radius 3 is 2.57 bits per heavy atom. The van der Waals surface area contributed by atoms with E-state index in [-0.39, 0.29) is 18.0 Å². The highest BCUT2D eigenvalue weighted by Gasteiger charge is 2.08. The van der Waals surface area contributed by atoms with Gasteiger partial charge in [0.15, 0.2) is 5.96 Å². The highest BCUT2D eigenvalue weighted by Crippen LogP contribution is 2.16. The smallest absolute Gasteiger partial charge is 0.222 e. The van der Waals surface area contributed by atoms with Crippen LogP contribution in [-0.4, -0.2) is 37.0 Å². The van der Waals surface area contributed by atoms with Crippen molar-refractivity contribution in [2.75, 3.05) is 13.1 Å². The van der Waals surface area contributed by atoms with Gasteiger partial charge >= 0.3 is 0 Å². The van der Waals surface area contributed by atoms with Crippen LogP contribution in [-0.2, 0) is 11.2 Å². The maximum Gasteiger partial charge on any atom is 0.222 e. The molecule has 0 bridgehead atoms. The summed E-state index contributed by atoms with van der Waals surface area (Å²) in [4.78, 5) is 18.8. The van der Waals surface area contributed by atoms with Crippen molar-refractivity contribution >= 4 is 23.2 Å². The number of hydrogen-bond donors (Lipinski definition) is 3. The molecule has 1 unspecified atom stereocenters. The number of hydrogen-bond acceptors (Lipinski definition) is 3. The molecule has 0 spiro atoms. The first-order valence-electron chi connectivity index (χ1n) is 8.30. The summed E-state index contributed by atoms with van der Waals surface area (Å²) in [5.41, 5.74) is 0. The van der Waals surface area contributed by atoms with Crippen LogP contribution in [0.25, 0.3) is 0 Å². The topological polar surface area (TPSA) is 65.5 Å². The summed E-state index contributed by atoms with van der Waals surface area (Å²) in [7, 11) is 0. The Balaban J connectivity index is 2.46. The molecule has 0 saturated carbocycles. The highest BCUT2D eigenvalue weighted by molar-refractivity contribution is 7.11. The van der Waals surface area contributed by atoms with E-state index in [2.05, 4.69) is 46.9 Å². The lowest BCUT2D eigenvalue weighted by Crippen LogP contribution is -2.43. The van der Waals surface area contributed by atoms with Crippen LogP contribution in [0.4, 0.5) is 0 Å². The third kappa shape index (κ3) is 8.59. The summed E-state index contributed by atoms with van der Waals surface area (Å²) < 4.78 is 0. The quantitative estimate of drug-likeness (QED) is 0.504. The summed E-state index contributed by atoms with van der Waals surface area (Å²) in [6, 6.07) is 4.79. The minimum Gasteiger partial charge on any atom is -0.357 e. The molecule has 1 atom stereocenters. The second-order valence-electron chi connectivity index (χ2n) is 5.99. The molecule has 0 fully saturated rings. The zero-order valence-electron chi connectivity index (χ0n) is 14.9. The van der Waals surface area contributed by atoms with E-state index < -0.39 is 0 Å². The van der Waals surface area contributed by atoms with Gasteiger partial charge in [0.25, 0.3) is 0 Å². The molecule has 3 N–H and O–H groups in total. The zero-order chi connectivity index (χ0) is 17.2. The lowest BCUT2D eigenvalue weighted by atomic mass is 10.2. The van der Waals surface area contributed by atoms with Gasteiger partial charge in [0.05, 0.1) is 6.54 Å². The first-order valence-corrected chi connectivity index (χ1v) is 9.11. The Bertz CT molecular complexity index is 510. The highest BCUT2D eigenvalue weighted by atomic mass is 32.1. The van der Waals surface area contributed by atoms with E-state index in [9.17, 15) is 4.79 Å². The van der Waals surface area contributed by atoms with Gasteiger partial charge in [-0.15, -0.1) is 11.3 Å². The van der Waals surface area contributed by atoms with E-state index in [4.69, 9.17) is 0 Å². The zero-order valence-corrected chi connectivity index (χ0v) is 15.7. The van der Waals surface area contributed by atoms with E-state index >= 15 is 0 Å². The average molecular weight is 339 g/mol. The normalized spacial score (nSPS) is 13.0. The molecule has 1 aromatic heterocycles. The van der Waals surface area contributed by atoms with Crippen LogP contribution >= 0.6 is 11.3 Å². The molecular formula is C17H30N4OS. The Kier molecular flexibility index (Phi) is 8.69. The number of rotatable bonds is 8. The van der Waals surface area contributed by atoms with Crippen LogP contribution < -0.4 is 16.0 Å². The van der Waals surface area contributed by atoms with Gasteiger partial charge in [-0.05, 0) is 46.8 Å². The number of carbonyl (C=O) groups is 1. The first kappa shape index (κ1) is 19.5. The average Bonchev–Trinajstić information content (AvgIpc) is 2.83. The van der Waals surface area contributed by atoms with Crippen LogP contribution in [0.2, 0.25) is 0 Å². The van der Waals surface area contributed by atoms with Gasteiger partial charge in [0.1, 0.15) is 0 Å². The summed E-state index contributed by atoms with van der Waals surface area (Å²) in [5, 5.41) is 9.51. The standard InChI is InChI=1S/C17H30N4OS/c1-6-18-17(19-10-9-16(22)20-12(2)3)21-13(4)11-15-8-7-14(5)23-15/h7-8,12-13H,6,9-11H2,1-5H3,(H,20,22)(H2,18,19,21). The molecule has 130 valence electrons. The number of guanidine groups is 1. The number of nitrogens with one attached hydrogen (secondary N) is 3. The predicted octanol–water partition coefficient (Wildman–Crippen LogP) is 2.46. The number of thiophene rings is 1. The lowest BCUT2D eigenvalue weighted by molar-refractivity contribution is -0.121. The molecule has 1 rings (SSSR count). The van der Waals surface area contributed by atoms with E-state index in [1.165, 1.54) is 9.75 Å². The van der Waals surface area contributed by atoms with Crippen LogP contribution in [0.1, 0.15) is 43.9 Å². The van der Waals surface area contributed by atoms with Gasteiger partial charge in [0, 0.05) is 41.2 Å². The third-order valence-electron chi connectivity index (χ3n) is 3.09. The summed E-state index contributed by atoms with van der Waals surface area (Å²) in [5.74, 6) is 0.812. The molecule has 6 heteroatoms. The lowest BCUT2D eigenvalue weighted by Gasteiger charge is -2.17. The maximum atomic E-state index is 11.6. The summed E-state index contributed by atoms with van der Waals surface area (Å²) in [6.45, 7) is 11.5. The monoisotopic (exact) mass is 338 g/mol. The fourth-order valence-electron chi connectivity index (χ4n) is 2.16. The number of aryl methyl sites for hydroxylation is 1. The SMILES string of the molecule is CCNC(=NCCC(=O)NC(C)C)NC(C)Cc1ccc(C)s1. The van der Waals surface area contributed by atoms with Crippen LogP contribution in [0.3, 0.4) is 0 Å². The van der Waals surface area contributed by atoms with Gasteiger partial charge in [0.2, 0.25) is 5.91 Å². The van der Waals surface area contributed by atoms with Gasteiger partial charge in [-0.25, -0.2) is 0 Å². The molecule has 23 heavy (non-hydrogen) atoms.